The molecule has 0 atom stereocenters. The second-order valence-corrected chi connectivity index (χ2v) is 6.26. The van der Waals surface area contributed by atoms with Crippen LogP contribution in [0.3, 0.4) is 0 Å². The van der Waals surface area contributed by atoms with Gasteiger partial charge in [-0.2, -0.15) is 0 Å². The number of rotatable bonds is 5. The molecule has 0 bridgehead atoms. The Labute approximate surface area is 151 Å². The van der Waals surface area contributed by atoms with Crippen LogP contribution in [0.2, 0.25) is 5.02 Å². The van der Waals surface area contributed by atoms with E-state index in [1.165, 1.54) is 0 Å². The highest BCUT2D eigenvalue weighted by atomic mass is 35.5. The van der Waals surface area contributed by atoms with Crippen molar-refractivity contribution in [1.29, 1.82) is 0 Å². The lowest BCUT2D eigenvalue weighted by molar-refractivity contribution is 0.835. The van der Waals surface area contributed by atoms with Crippen molar-refractivity contribution in [2.45, 2.75) is 20.3 Å². The summed E-state index contributed by atoms with van der Waals surface area (Å²) in [6, 6.07) is 17.0. The average molecular weight is 354 g/mol. The molecule has 4 nitrogen and oxygen atoms in total. The Morgan fingerprint density at radius 1 is 1.12 bits per heavy atom. The molecule has 128 valence electrons. The van der Waals surface area contributed by atoms with Gasteiger partial charge in [0.1, 0.15) is 0 Å². The zero-order valence-electron chi connectivity index (χ0n) is 14.3. The van der Waals surface area contributed by atoms with Crippen LogP contribution < -0.4 is 5.56 Å². The van der Waals surface area contributed by atoms with E-state index < -0.39 is 0 Å². The molecule has 1 N–H and O–H groups in total. The van der Waals surface area contributed by atoms with E-state index in [0.29, 0.717) is 22.8 Å². The molecule has 3 aromatic rings. The van der Waals surface area contributed by atoms with Gasteiger partial charge in [-0.25, -0.2) is 4.68 Å². The molecular formula is C20H20ClN3O. The first-order chi connectivity index (χ1) is 12.1. The number of nitrogens with one attached hydrogen (secondary N) is 1. The fourth-order valence-corrected chi connectivity index (χ4v) is 2.86. The molecule has 0 aliphatic carbocycles. The Hall–Kier alpha value is -2.59. The number of halogens is 1. The summed E-state index contributed by atoms with van der Waals surface area (Å²) >= 11 is 6.00. The van der Waals surface area contributed by atoms with Crippen molar-refractivity contribution in [2.24, 2.45) is 4.99 Å². The molecule has 0 fully saturated rings. The summed E-state index contributed by atoms with van der Waals surface area (Å²) in [5, 5.41) is 3.82. The van der Waals surface area contributed by atoms with Crippen molar-refractivity contribution in [1.82, 2.24) is 9.78 Å². The lowest BCUT2D eigenvalue weighted by Gasteiger charge is -2.06. The number of aliphatic imine (C=N–C) groups is 1. The number of para-hydroxylation sites is 1. The van der Waals surface area contributed by atoms with Crippen molar-refractivity contribution in [3.63, 3.8) is 0 Å². The predicted octanol–water partition coefficient (Wildman–Crippen LogP) is 4.37. The molecule has 0 spiro atoms. The molecule has 2 aromatic carbocycles. The van der Waals surface area contributed by atoms with E-state index in [2.05, 4.69) is 17.0 Å². The van der Waals surface area contributed by atoms with Gasteiger partial charge in [0.15, 0.2) is 0 Å². The highest BCUT2D eigenvalue weighted by Crippen LogP contribution is 2.16. The summed E-state index contributed by atoms with van der Waals surface area (Å²) in [5.41, 5.74) is 3.67. The Kier molecular flexibility index (Phi) is 5.19. The first kappa shape index (κ1) is 17.2. The van der Waals surface area contributed by atoms with Crippen molar-refractivity contribution in [3.05, 3.63) is 86.8 Å². The van der Waals surface area contributed by atoms with Crippen LogP contribution in [0.1, 0.15) is 30.2 Å². The number of nitrogens with zero attached hydrogens (tertiary/aromatic N) is 2. The standard InChI is InChI=1S/C20H20ClN3O/c1-3-13-22-19(15-9-11-16(21)12-10-15)18-14(2)23-24(20(18)25)17-7-5-4-6-8-17/h4-12,23H,3,13H2,1-2H3. The van der Waals surface area contributed by atoms with E-state index in [9.17, 15) is 4.79 Å². The van der Waals surface area contributed by atoms with E-state index in [1.54, 1.807) is 4.68 Å². The van der Waals surface area contributed by atoms with E-state index in [0.717, 1.165) is 23.4 Å². The number of hydrogen-bond donors (Lipinski definition) is 1. The van der Waals surface area contributed by atoms with Gasteiger partial charge in [-0.15, -0.1) is 0 Å². The zero-order valence-corrected chi connectivity index (χ0v) is 15.0. The minimum absolute atomic E-state index is 0.103. The highest BCUT2D eigenvalue weighted by molar-refractivity contribution is 6.30. The normalized spacial score (nSPS) is 11.7. The number of aromatic amines is 1. The fraction of sp³-hybridized carbons (Fsp3) is 0.200. The van der Waals surface area contributed by atoms with Gasteiger partial charge >= 0.3 is 0 Å². The van der Waals surface area contributed by atoms with Crippen LogP contribution >= 0.6 is 11.6 Å². The third-order valence-electron chi connectivity index (χ3n) is 3.93. The molecule has 0 unspecified atom stereocenters. The molecule has 5 heteroatoms. The maximum atomic E-state index is 13.1. The smallest absolute Gasteiger partial charge is 0.280 e. The first-order valence-corrected chi connectivity index (χ1v) is 8.67. The molecule has 0 aliphatic rings. The Balaban J connectivity index is 2.16. The van der Waals surface area contributed by atoms with Gasteiger partial charge in [0.2, 0.25) is 0 Å². The number of benzene rings is 2. The highest BCUT2D eigenvalue weighted by Gasteiger charge is 2.19. The van der Waals surface area contributed by atoms with Crippen LogP contribution in [0.5, 0.6) is 0 Å². The zero-order chi connectivity index (χ0) is 17.8. The van der Waals surface area contributed by atoms with Gasteiger partial charge in [0, 0.05) is 22.8 Å². The van der Waals surface area contributed by atoms with Crippen molar-refractivity contribution in [2.75, 3.05) is 6.54 Å². The molecule has 1 heterocycles. The minimum atomic E-state index is -0.103. The van der Waals surface area contributed by atoms with Gasteiger partial charge in [-0.3, -0.25) is 14.9 Å². The summed E-state index contributed by atoms with van der Waals surface area (Å²) in [4.78, 5) is 17.7. The van der Waals surface area contributed by atoms with Gasteiger partial charge in [-0.1, -0.05) is 48.9 Å². The third-order valence-corrected chi connectivity index (χ3v) is 4.19. The Bertz CT molecular complexity index is 937. The van der Waals surface area contributed by atoms with Crippen LogP contribution in [-0.4, -0.2) is 22.0 Å². The molecule has 0 saturated carbocycles. The van der Waals surface area contributed by atoms with E-state index in [-0.39, 0.29) is 5.56 Å². The van der Waals surface area contributed by atoms with Gasteiger partial charge in [0.05, 0.1) is 17.0 Å². The van der Waals surface area contributed by atoms with E-state index >= 15 is 0 Å². The third kappa shape index (κ3) is 3.59. The molecule has 0 aliphatic heterocycles. The van der Waals surface area contributed by atoms with E-state index in [1.807, 2.05) is 61.5 Å². The SMILES string of the molecule is CCCN=C(c1ccc(Cl)cc1)c1c(C)[nH]n(-c2ccccc2)c1=O. The van der Waals surface area contributed by atoms with Crippen LogP contribution in [0.4, 0.5) is 0 Å². The summed E-state index contributed by atoms with van der Waals surface area (Å²) in [5.74, 6) is 0. The van der Waals surface area contributed by atoms with Crippen molar-refractivity contribution >= 4 is 17.3 Å². The largest absolute Gasteiger partial charge is 0.295 e. The van der Waals surface area contributed by atoms with Crippen LogP contribution in [-0.2, 0) is 0 Å². The number of H-pyrrole nitrogens is 1. The van der Waals surface area contributed by atoms with E-state index in [4.69, 9.17) is 11.6 Å². The lowest BCUT2D eigenvalue weighted by atomic mass is 10.0. The summed E-state index contributed by atoms with van der Waals surface area (Å²) in [7, 11) is 0. The summed E-state index contributed by atoms with van der Waals surface area (Å²) < 4.78 is 1.56. The maximum Gasteiger partial charge on any atom is 0.280 e. The minimum Gasteiger partial charge on any atom is -0.295 e. The quantitative estimate of drug-likeness (QED) is 0.680. The molecule has 25 heavy (non-hydrogen) atoms. The Morgan fingerprint density at radius 2 is 1.80 bits per heavy atom. The van der Waals surface area contributed by atoms with Crippen molar-refractivity contribution in [3.8, 4) is 5.69 Å². The molecule has 0 amide bonds. The van der Waals surface area contributed by atoms with Crippen LogP contribution in [0, 0.1) is 6.92 Å². The second-order valence-electron chi connectivity index (χ2n) is 5.83. The molecule has 1 aromatic heterocycles. The molecular weight excluding hydrogens is 334 g/mol. The number of hydrogen-bond acceptors (Lipinski definition) is 2. The topological polar surface area (TPSA) is 50.1 Å². The number of aromatic nitrogens is 2. The first-order valence-electron chi connectivity index (χ1n) is 8.29. The molecule has 0 saturated heterocycles. The monoisotopic (exact) mass is 353 g/mol. The fourth-order valence-electron chi connectivity index (χ4n) is 2.73. The summed E-state index contributed by atoms with van der Waals surface area (Å²) in [6.07, 6.45) is 0.910. The Morgan fingerprint density at radius 3 is 2.44 bits per heavy atom. The van der Waals surface area contributed by atoms with Gasteiger partial charge in [-0.05, 0) is 37.6 Å². The van der Waals surface area contributed by atoms with Crippen molar-refractivity contribution < 1.29 is 0 Å². The van der Waals surface area contributed by atoms with Gasteiger partial charge in [0.25, 0.3) is 5.56 Å². The molecule has 3 rings (SSSR count). The predicted molar refractivity (Wildman–Crippen MR) is 103 cm³/mol. The lowest BCUT2D eigenvalue weighted by Crippen LogP contribution is -2.21. The van der Waals surface area contributed by atoms with Crippen LogP contribution in [0.25, 0.3) is 5.69 Å². The van der Waals surface area contributed by atoms with Crippen LogP contribution in [0.15, 0.2) is 64.4 Å². The second kappa shape index (κ2) is 7.53. The maximum absolute atomic E-state index is 13.1. The number of aryl methyl sites for hydroxylation is 1. The van der Waals surface area contributed by atoms with Gasteiger partial charge < -0.3 is 0 Å². The average Bonchev–Trinajstić information content (AvgIpc) is 2.92. The summed E-state index contributed by atoms with van der Waals surface area (Å²) in [6.45, 7) is 4.62. The molecule has 0 radical (unpaired) electrons.